The van der Waals surface area contributed by atoms with Crippen molar-refractivity contribution >= 4 is 15.9 Å². The minimum atomic E-state index is -0.931. The van der Waals surface area contributed by atoms with Gasteiger partial charge in [0.15, 0.2) is 5.41 Å². The number of allylic oxidation sites excluding steroid dienone is 2. The Labute approximate surface area is 81.6 Å². The minimum Gasteiger partial charge on any atom is -0.196 e. The average molecular weight is 227 g/mol. The minimum absolute atomic E-state index is 0.538. The molecular weight excluding hydrogens is 216 g/mol. The van der Waals surface area contributed by atoms with Crippen LogP contribution in [0.5, 0.6) is 0 Å². The third-order valence-corrected chi connectivity index (χ3v) is 1.92. The van der Waals surface area contributed by atoms with E-state index in [1.54, 1.807) is 6.08 Å². The highest BCUT2D eigenvalue weighted by atomic mass is 79.9. The number of halogens is 1. The Kier molecular flexibility index (Phi) is 5.41. The van der Waals surface area contributed by atoms with Crippen LogP contribution < -0.4 is 0 Å². The molecule has 3 heteroatoms. The van der Waals surface area contributed by atoms with Crippen molar-refractivity contribution in [3.05, 3.63) is 12.2 Å². The summed E-state index contributed by atoms with van der Waals surface area (Å²) in [5.74, 6) is 0. The standard InChI is InChI=1S/C9H11BrN2/c1-2-3-4-9(7-11,8-12)5-6-10/h3-4H,2,5-6H2,1H3. The van der Waals surface area contributed by atoms with Gasteiger partial charge in [-0.1, -0.05) is 35.0 Å². The molecule has 0 rings (SSSR count). The van der Waals surface area contributed by atoms with Gasteiger partial charge >= 0.3 is 0 Å². The molecule has 0 atom stereocenters. The smallest absolute Gasteiger partial charge is 0.162 e. The number of alkyl halides is 1. The van der Waals surface area contributed by atoms with Gasteiger partial charge in [0.05, 0.1) is 12.1 Å². The molecular formula is C9H11BrN2. The van der Waals surface area contributed by atoms with Crippen molar-refractivity contribution in [2.75, 3.05) is 5.33 Å². The van der Waals surface area contributed by atoms with Crippen LogP contribution in [0.15, 0.2) is 12.2 Å². The van der Waals surface area contributed by atoms with E-state index in [-0.39, 0.29) is 0 Å². The highest BCUT2D eigenvalue weighted by Gasteiger charge is 2.25. The van der Waals surface area contributed by atoms with E-state index in [2.05, 4.69) is 15.9 Å². The fourth-order valence-corrected chi connectivity index (χ4v) is 1.39. The molecule has 0 fully saturated rings. The molecule has 0 amide bonds. The molecule has 0 saturated heterocycles. The van der Waals surface area contributed by atoms with Crippen molar-refractivity contribution in [2.24, 2.45) is 5.41 Å². The normalized spacial score (nSPS) is 11.0. The summed E-state index contributed by atoms with van der Waals surface area (Å²) in [5, 5.41) is 18.2. The summed E-state index contributed by atoms with van der Waals surface area (Å²) in [4.78, 5) is 0. The van der Waals surface area contributed by atoms with Crippen LogP contribution in [0.1, 0.15) is 19.8 Å². The van der Waals surface area contributed by atoms with Gasteiger partial charge in [0, 0.05) is 5.33 Å². The number of rotatable bonds is 4. The summed E-state index contributed by atoms with van der Waals surface area (Å²) < 4.78 is 0. The van der Waals surface area contributed by atoms with Crippen molar-refractivity contribution in [1.82, 2.24) is 0 Å². The van der Waals surface area contributed by atoms with E-state index in [9.17, 15) is 0 Å². The number of hydrogen-bond acceptors (Lipinski definition) is 2. The number of nitriles is 2. The predicted molar refractivity (Wildman–Crippen MR) is 51.5 cm³/mol. The Morgan fingerprint density at radius 1 is 1.42 bits per heavy atom. The Balaban J connectivity index is 4.52. The second-order valence-electron chi connectivity index (χ2n) is 2.44. The summed E-state index contributed by atoms with van der Waals surface area (Å²) in [5.41, 5.74) is -0.931. The Morgan fingerprint density at radius 2 is 2.00 bits per heavy atom. The first-order valence-corrected chi connectivity index (χ1v) is 4.93. The summed E-state index contributed by atoms with van der Waals surface area (Å²) >= 11 is 3.22. The van der Waals surface area contributed by atoms with Gasteiger partial charge in [-0.05, 0) is 12.8 Å². The third kappa shape index (κ3) is 3.07. The molecule has 0 aliphatic rings. The molecule has 0 aliphatic heterocycles. The molecule has 0 saturated carbocycles. The SMILES string of the molecule is CCC=CC(C#N)(C#N)CCBr. The molecule has 0 aromatic heterocycles. The quantitative estimate of drug-likeness (QED) is 0.547. The largest absolute Gasteiger partial charge is 0.196 e. The predicted octanol–water partition coefficient (Wildman–Crippen LogP) is 2.77. The van der Waals surface area contributed by atoms with Crippen LogP contribution in [0, 0.1) is 28.1 Å². The van der Waals surface area contributed by atoms with Gasteiger partial charge in [0.1, 0.15) is 0 Å². The van der Waals surface area contributed by atoms with Gasteiger partial charge < -0.3 is 0 Å². The molecule has 12 heavy (non-hydrogen) atoms. The molecule has 0 bridgehead atoms. The van der Waals surface area contributed by atoms with E-state index in [0.717, 1.165) is 6.42 Å². The lowest BCUT2D eigenvalue weighted by atomic mass is 9.88. The number of nitrogens with zero attached hydrogens (tertiary/aromatic N) is 2. The van der Waals surface area contributed by atoms with Gasteiger partial charge in [-0.2, -0.15) is 10.5 Å². The monoisotopic (exact) mass is 226 g/mol. The lowest BCUT2D eigenvalue weighted by molar-refractivity contribution is 0.641. The van der Waals surface area contributed by atoms with Crippen molar-refractivity contribution in [2.45, 2.75) is 19.8 Å². The fourth-order valence-electron chi connectivity index (χ4n) is 0.763. The topological polar surface area (TPSA) is 47.6 Å². The van der Waals surface area contributed by atoms with E-state index in [4.69, 9.17) is 10.5 Å². The summed E-state index contributed by atoms with van der Waals surface area (Å²) in [6.45, 7) is 1.98. The molecule has 0 unspecified atom stereocenters. The first-order valence-electron chi connectivity index (χ1n) is 3.81. The molecule has 0 heterocycles. The summed E-state index contributed by atoms with van der Waals surface area (Å²) in [6.07, 6.45) is 4.94. The fraction of sp³-hybridized carbons (Fsp3) is 0.556. The van der Waals surface area contributed by atoms with Gasteiger partial charge in [-0.3, -0.25) is 0 Å². The Bertz CT molecular complexity index is 218. The molecule has 0 radical (unpaired) electrons. The molecule has 0 spiro atoms. The van der Waals surface area contributed by atoms with Crippen molar-refractivity contribution in [3.63, 3.8) is 0 Å². The van der Waals surface area contributed by atoms with Crippen LogP contribution in [-0.2, 0) is 0 Å². The van der Waals surface area contributed by atoms with Crippen LogP contribution in [0.2, 0.25) is 0 Å². The Morgan fingerprint density at radius 3 is 2.33 bits per heavy atom. The summed E-state index contributed by atoms with van der Waals surface area (Å²) in [6, 6.07) is 4.05. The maximum Gasteiger partial charge on any atom is 0.162 e. The Hall–Kier alpha value is -0.800. The van der Waals surface area contributed by atoms with E-state index in [0.29, 0.717) is 11.8 Å². The molecule has 0 aromatic carbocycles. The second kappa shape index (κ2) is 5.80. The zero-order chi connectivity index (χ0) is 9.45. The number of hydrogen-bond donors (Lipinski definition) is 0. The molecule has 0 aliphatic carbocycles. The highest BCUT2D eigenvalue weighted by Crippen LogP contribution is 2.23. The average Bonchev–Trinajstić information content (AvgIpc) is 2.13. The maximum atomic E-state index is 8.79. The van der Waals surface area contributed by atoms with Crippen LogP contribution in [0.25, 0.3) is 0 Å². The zero-order valence-corrected chi connectivity index (χ0v) is 8.63. The van der Waals surface area contributed by atoms with Crippen LogP contribution in [-0.4, -0.2) is 5.33 Å². The molecule has 64 valence electrons. The van der Waals surface area contributed by atoms with Crippen LogP contribution >= 0.6 is 15.9 Å². The van der Waals surface area contributed by atoms with Crippen molar-refractivity contribution < 1.29 is 0 Å². The van der Waals surface area contributed by atoms with Gasteiger partial charge in [0.2, 0.25) is 0 Å². The maximum absolute atomic E-state index is 8.79. The zero-order valence-electron chi connectivity index (χ0n) is 7.05. The third-order valence-electron chi connectivity index (χ3n) is 1.53. The highest BCUT2D eigenvalue weighted by molar-refractivity contribution is 9.09. The molecule has 0 aromatic rings. The lowest BCUT2D eigenvalue weighted by Crippen LogP contribution is -2.12. The van der Waals surface area contributed by atoms with E-state index in [1.807, 2.05) is 25.1 Å². The first kappa shape index (κ1) is 11.2. The second-order valence-corrected chi connectivity index (χ2v) is 3.24. The van der Waals surface area contributed by atoms with E-state index in [1.165, 1.54) is 0 Å². The van der Waals surface area contributed by atoms with Crippen molar-refractivity contribution in [1.29, 1.82) is 10.5 Å². The lowest BCUT2D eigenvalue weighted by Gasteiger charge is -2.10. The molecule has 2 nitrogen and oxygen atoms in total. The first-order chi connectivity index (χ1) is 5.74. The van der Waals surface area contributed by atoms with Gasteiger partial charge in [-0.25, -0.2) is 0 Å². The van der Waals surface area contributed by atoms with Gasteiger partial charge in [-0.15, -0.1) is 0 Å². The van der Waals surface area contributed by atoms with Crippen LogP contribution in [0.3, 0.4) is 0 Å². The van der Waals surface area contributed by atoms with Gasteiger partial charge in [0.25, 0.3) is 0 Å². The molecule has 0 N–H and O–H groups in total. The van der Waals surface area contributed by atoms with Crippen LogP contribution in [0.4, 0.5) is 0 Å². The van der Waals surface area contributed by atoms with E-state index < -0.39 is 5.41 Å². The van der Waals surface area contributed by atoms with E-state index >= 15 is 0 Å². The summed E-state index contributed by atoms with van der Waals surface area (Å²) in [7, 11) is 0. The van der Waals surface area contributed by atoms with Crippen molar-refractivity contribution in [3.8, 4) is 12.1 Å².